The number of anilines is 3. The number of imidazole rings is 6. The monoisotopic (exact) mass is 1340 g/mol. The van der Waals surface area contributed by atoms with E-state index in [9.17, 15) is 33.9 Å². The normalized spacial score (nSPS) is 14.6. The van der Waals surface area contributed by atoms with Gasteiger partial charge in [-0.2, -0.15) is 0 Å². The maximum Gasteiger partial charge on any atom is 2.00 e. The van der Waals surface area contributed by atoms with Crippen LogP contribution in [0.2, 0.25) is 0 Å². The largest absolute Gasteiger partial charge is 2.00 e. The molecule has 3 aliphatic rings. The quantitative estimate of drug-likeness (QED) is 0.0697. The fourth-order valence-corrected chi connectivity index (χ4v) is 12.9. The first-order valence-corrected chi connectivity index (χ1v) is 30.6. The third-order valence-electron chi connectivity index (χ3n) is 17.6. The number of ketones is 1. The number of H-pyrrole nitrogens is 3. The molecular weight excluding hydrogens is 1270 g/mol. The molecule has 96 heavy (non-hydrogen) atoms. The molecule has 0 aliphatic carbocycles. The van der Waals surface area contributed by atoms with Crippen molar-refractivity contribution in [2.45, 2.75) is 63.6 Å². The SMILES string of the molecule is CC(=O)c1nc2c(N3CCC(n4c(=O)[nH]c5ccccc54)CC3)ncnc2n1C.CNOC.CON(C)C(=O)c1nc2c(N3CCC(n4c(=O)[nH]c5ccccc54)CC3)ncnc2n1C.Cn1c(C(=O)O)nc2c(N3CCC(n4c(=O)[nH]c5ccccc54)CC3)ncnc21.[Cl-].[H-].[Mg+2]. The minimum Gasteiger partial charge on any atom is -1.00 e. The van der Waals surface area contributed by atoms with E-state index >= 15 is 0 Å². The standard InChI is InChI=1S/C21H24N8O3.C20H21N7O2.C19H19N7O3.C2H7NO.ClH.Mg.H/c1-26-17-16(25-19(26)20(30)27(2)32-3)18(23-12-22-17)28-10-8-13(9-11-28)29-15-7-5-4-6-14(15)24-21(29)31;1-12(28)17-24-16-18(25(17)2)21-11-22-19(16)26-9-7-13(8-10-26)27-15-6-4-3-5-14(15)23-20(27)29;1-24-15-14(23-17(24)18(27)28)16(21-10-20-15)25-8-6-11(7-9-25)26-13-5-3-2-4-12(13)22-19(26)29;1-3-4-2;;;/h4-7,12-13H,8-11H2,1-3H3,(H,24,31);3-6,11,13H,7-10H2,1-2H3,(H,23,29);2-5,10-11H,6-9H2,1H3,(H,22,29)(H,27,28);3H,1-2H3;1H;;/q;;;;;+2;-1/p-1. The molecule has 0 saturated carbocycles. The number of carbonyl (C=O) groups excluding carboxylic acids is 2. The van der Waals surface area contributed by atoms with Crippen LogP contribution in [-0.4, -0.2) is 206 Å². The molecule has 3 saturated heterocycles. The number of halogens is 1. The molecule has 32 nitrogen and oxygen atoms in total. The summed E-state index contributed by atoms with van der Waals surface area (Å²) in [5.74, 6) is 1.02. The van der Waals surface area contributed by atoms with Gasteiger partial charge in [0.2, 0.25) is 11.6 Å². The third-order valence-corrected chi connectivity index (χ3v) is 17.6. The Hall–Kier alpha value is -9.93. The van der Waals surface area contributed by atoms with E-state index in [1.807, 2.05) is 86.5 Å². The molecule has 0 unspecified atom stereocenters. The van der Waals surface area contributed by atoms with Crippen LogP contribution in [0.15, 0.2) is 106 Å². The summed E-state index contributed by atoms with van der Waals surface area (Å²) in [7, 11) is 11.4. The van der Waals surface area contributed by atoms with Gasteiger partial charge < -0.3 is 67.1 Å². The van der Waals surface area contributed by atoms with Crippen LogP contribution < -0.4 is 49.7 Å². The zero-order valence-electron chi connectivity index (χ0n) is 55.2. The van der Waals surface area contributed by atoms with Crippen LogP contribution in [0.1, 0.15) is 96.9 Å². The summed E-state index contributed by atoms with van der Waals surface area (Å²) in [6, 6.07) is 23.5. The number of nitrogens with zero attached hydrogens (tertiary/aromatic N) is 19. The summed E-state index contributed by atoms with van der Waals surface area (Å²) in [5, 5.41) is 10.5. The molecule has 12 aromatic rings. The molecule has 5 N–H and O–H groups in total. The number of hydrogen-bond acceptors (Lipinski definition) is 21. The van der Waals surface area contributed by atoms with Gasteiger partial charge in [-0.1, -0.05) is 36.4 Å². The number of aryl methyl sites for hydroxylation is 3. The molecule has 3 aromatic carbocycles. The molecule has 0 atom stereocenters. The molecule has 3 fully saturated rings. The maximum atomic E-state index is 12.6. The number of fused-ring (bicyclic) bond motifs is 6. The van der Waals surface area contributed by atoms with Crippen LogP contribution in [-0.2, 0) is 30.8 Å². The smallest absolute Gasteiger partial charge is 1.00 e. The average molecular weight is 1340 g/mol. The first kappa shape index (κ1) is 68.9. The Labute approximate surface area is 570 Å². The predicted octanol–water partition coefficient (Wildman–Crippen LogP) is 1.58. The van der Waals surface area contributed by atoms with Crippen molar-refractivity contribution in [1.29, 1.82) is 0 Å². The number of rotatable bonds is 11. The first-order valence-electron chi connectivity index (χ1n) is 30.6. The Morgan fingerprint density at radius 3 is 1.15 bits per heavy atom. The molecule has 0 bridgehead atoms. The van der Waals surface area contributed by atoms with Crippen molar-refractivity contribution < 1.29 is 43.0 Å². The molecule has 1 amide bonds. The van der Waals surface area contributed by atoms with Crippen molar-refractivity contribution in [3.63, 3.8) is 0 Å². The summed E-state index contributed by atoms with van der Waals surface area (Å²) in [6.45, 7) is 5.77. The molecule has 9 aromatic heterocycles. The second kappa shape index (κ2) is 29.4. The summed E-state index contributed by atoms with van der Waals surface area (Å²) < 4.78 is 10.4. The fraction of sp³-hybridized carbons (Fsp3) is 0.371. The molecule has 15 rings (SSSR count). The number of para-hydroxylation sites is 6. The number of Topliss-reactive ketones (excluding diaryl/α,β-unsaturated/α-hetero) is 1. The topological polar surface area (TPSA) is 359 Å². The number of aromatic nitrogens is 18. The van der Waals surface area contributed by atoms with Gasteiger partial charge in [0.1, 0.15) is 19.0 Å². The van der Waals surface area contributed by atoms with Gasteiger partial charge in [-0.15, -0.1) is 0 Å². The van der Waals surface area contributed by atoms with Crippen LogP contribution in [0.5, 0.6) is 0 Å². The number of piperidine rings is 3. The van der Waals surface area contributed by atoms with E-state index in [0.717, 1.165) is 95.6 Å². The number of benzene rings is 3. The Morgan fingerprint density at radius 2 is 0.833 bits per heavy atom. The van der Waals surface area contributed by atoms with Gasteiger partial charge in [0.05, 0.1) is 47.3 Å². The summed E-state index contributed by atoms with van der Waals surface area (Å²) in [5.41, 5.74) is 10.9. The second-order valence-corrected chi connectivity index (χ2v) is 23.0. The van der Waals surface area contributed by atoms with E-state index in [-0.39, 0.29) is 95.4 Å². The Balaban J connectivity index is 0.000000163. The van der Waals surface area contributed by atoms with Crippen molar-refractivity contribution in [3.05, 3.63) is 141 Å². The molecule has 0 radical (unpaired) electrons. The Morgan fingerprint density at radius 1 is 0.531 bits per heavy atom. The maximum absolute atomic E-state index is 12.6. The number of aromatic carboxylic acids is 1. The zero-order chi connectivity index (χ0) is 66.1. The Bertz CT molecular complexity index is 4790. The number of hydroxylamine groups is 3. The van der Waals surface area contributed by atoms with E-state index < -0.39 is 5.97 Å². The number of carbonyl (C=O) groups is 3. The summed E-state index contributed by atoms with van der Waals surface area (Å²) in [6.07, 6.45) is 9.19. The molecule has 498 valence electrons. The van der Waals surface area contributed by atoms with Gasteiger partial charge in [-0.05, 0) is 74.9 Å². The van der Waals surface area contributed by atoms with E-state index in [4.69, 9.17) is 4.84 Å². The van der Waals surface area contributed by atoms with Gasteiger partial charge in [-0.3, -0.25) is 28.1 Å². The number of amides is 1. The van der Waals surface area contributed by atoms with Crippen LogP contribution >= 0.6 is 0 Å². The van der Waals surface area contributed by atoms with Crippen LogP contribution in [0.25, 0.3) is 66.6 Å². The molecule has 34 heteroatoms. The van der Waals surface area contributed by atoms with Crippen molar-refractivity contribution >= 4 is 125 Å². The van der Waals surface area contributed by atoms with Gasteiger partial charge >= 0.3 is 52.0 Å². The van der Waals surface area contributed by atoms with E-state index in [0.29, 0.717) is 77.1 Å². The second-order valence-electron chi connectivity index (χ2n) is 23.0. The molecule has 3 aliphatic heterocycles. The number of carboxylic acid groups (broad SMARTS) is 1. The van der Waals surface area contributed by atoms with Crippen molar-refractivity contribution in [2.75, 3.05) is 82.3 Å². The zero-order valence-corrected chi connectivity index (χ0v) is 56.3. The minimum absolute atomic E-state index is 0. The van der Waals surface area contributed by atoms with Crippen LogP contribution in [0.4, 0.5) is 17.5 Å². The first-order chi connectivity index (χ1) is 45.5. The van der Waals surface area contributed by atoms with Gasteiger partial charge in [-0.25, -0.2) is 74.6 Å². The predicted molar refractivity (Wildman–Crippen MR) is 357 cm³/mol. The van der Waals surface area contributed by atoms with E-state index in [1.165, 1.54) is 44.6 Å². The molecule has 12 heterocycles. The van der Waals surface area contributed by atoms with E-state index in [2.05, 4.69) is 84.8 Å². The molecular formula is C62H72ClMgN23O9. The van der Waals surface area contributed by atoms with Crippen LogP contribution in [0.3, 0.4) is 0 Å². The number of nitrogens with one attached hydrogen (secondary N) is 4. The minimum atomic E-state index is -1.10. The van der Waals surface area contributed by atoms with Gasteiger partial charge in [0, 0.05) is 99.6 Å². The third kappa shape index (κ3) is 13.1. The molecule has 0 spiro atoms. The van der Waals surface area contributed by atoms with Gasteiger partial charge in [0.15, 0.2) is 62.6 Å². The van der Waals surface area contributed by atoms with Crippen molar-refractivity contribution in [1.82, 2.24) is 97.8 Å². The average Bonchev–Trinajstić information content (AvgIpc) is 1.67. The number of aromatic amines is 3. The summed E-state index contributed by atoms with van der Waals surface area (Å²) in [4.78, 5) is 137. The van der Waals surface area contributed by atoms with Gasteiger partial charge in [0.25, 0.3) is 0 Å². The Kier molecular flexibility index (Phi) is 21.1. The van der Waals surface area contributed by atoms with Crippen molar-refractivity contribution in [3.8, 4) is 0 Å². The van der Waals surface area contributed by atoms with Crippen molar-refractivity contribution in [2.24, 2.45) is 21.1 Å². The van der Waals surface area contributed by atoms with E-state index in [1.54, 1.807) is 44.4 Å². The number of hydrogen-bond donors (Lipinski definition) is 5. The van der Waals surface area contributed by atoms with Crippen LogP contribution in [0, 0.1) is 0 Å². The number of carboxylic acids is 1. The fourth-order valence-electron chi connectivity index (χ4n) is 12.9. The summed E-state index contributed by atoms with van der Waals surface area (Å²) >= 11 is 0.